The Labute approximate surface area is 177 Å². The number of imidazole rings is 1. The summed E-state index contributed by atoms with van der Waals surface area (Å²) >= 11 is 0. The third-order valence-electron chi connectivity index (χ3n) is 5.12. The third-order valence-corrected chi connectivity index (χ3v) is 5.12. The summed E-state index contributed by atoms with van der Waals surface area (Å²) in [5.41, 5.74) is 2.16. The predicted octanol–water partition coefficient (Wildman–Crippen LogP) is 3.95. The van der Waals surface area contributed by atoms with Crippen molar-refractivity contribution in [1.29, 1.82) is 0 Å². The zero-order valence-corrected chi connectivity index (χ0v) is 17.6. The second-order valence-electron chi connectivity index (χ2n) is 7.80. The van der Waals surface area contributed by atoms with E-state index in [2.05, 4.69) is 25.3 Å². The van der Waals surface area contributed by atoms with E-state index in [0.29, 0.717) is 29.0 Å². The number of pyridine rings is 2. The van der Waals surface area contributed by atoms with Gasteiger partial charge in [0.1, 0.15) is 22.5 Å². The number of aromatic carboxylic acids is 1. The maximum atomic E-state index is 12.4. The minimum absolute atomic E-state index is 0.0570. The van der Waals surface area contributed by atoms with Gasteiger partial charge in [-0.3, -0.25) is 5.32 Å². The molecule has 10 nitrogen and oxygen atoms in total. The number of nitrogens with zero attached hydrogens (tertiary/aromatic N) is 4. The van der Waals surface area contributed by atoms with Gasteiger partial charge in [-0.25, -0.2) is 24.5 Å². The maximum absolute atomic E-state index is 12.4. The Balaban J connectivity index is 1.80. The van der Waals surface area contributed by atoms with Crippen molar-refractivity contribution in [1.82, 2.24) is 24.5 Å². The van der Waals surface area contributed by atoms with Crippen molar-refractivity contribution in [3.63, 3.8) is 0 Å². The number of nitrogens with one attached hydrogen (secondary N) is 2. The van der Waals surface area contributed by atoms with Gasteiger partial charge < -0.3 is 19.4 Å². The first-order valence-electron chi connectivity index (χ1n) is 9.73. The highest BCUT2D eigenvalue weighted by molar-refractivity contribution is 6.09. The van der Waals surface area contributed by atoms with Crippen LogP contribution < -0.4 is 5.32 Å². The van der Waals surface area contributed by atoms with Gasteiger partial charge >= 0.3 is 12.1 Å². The van der Waals surface area contributed by atoms with Gasteiger partial charge in [-0.05, 0) is 38.5 Å². The number of aryl methyl sites for hydroxylation is 1. The van der Waals surface area contributed by atoms with Crippen LogP contribution >= 0.6 is 0 Å². The summed E-state index contributed by atoms with van der Waals surface area (Å²) in [4.78, 5) is 39.9. The average Bonchev–Trinajstić information content (AvgIpc) is 3.31. The van der Waals surface area contributed by atoms with E-state index in [-0.39, 0.29) is 11.5 Å². The molecule has 4 aromatic rings. The quantitative estimate of drug-likeness (QED) is 0.443. The number of anilines is 1. The van der Waals surface area contributed by atoms with Crippen LogP contribution in [0, 0.1) is 0 Å². The molecule has 0 bridgehead atoms. The Bertz CT molecular complexity index is 1320. The van der Waals surface area contributed by atoms with Crippen LogP contribution in [-0.2, 0) is 11.8 Å². The minimum atomic E-state index is -1.11. The Kier molecular flexibility index (Phi) is 4.84. The highest BCUT2D eigenvalue weighted by Crippen LogP contribution is 2.31. The van der Waals surface area contributed by atoms with Crippen LogP contribution in [-0.4, -0.2) is 47.3 Å². The van der Waals surface area contributed by atoms with E-state index in [4.69, 9.17) is 4.74 Å². The number of aromatic amines is 1. The van der Waals surface area contributed by atoms with Crippen molar-refractivity contribution >= 4 is 39.9 Å². The van der Waals surface area contributed by atoms with E-state index in [9.17, 15) is 14.7 Å². The Morgan fingerprint density at radius 1 is 1.29 bits per heavy atom. The van der Waals surface area contributed by atoms with Crippen LogP contribution in [0.2, 0.25) is 0 Å². The first-order valence-corrected chi connectivity index (χ1v) is 9.73. The van der Waals surface area contributed by atoms with E-state index in [1.165, 1.54) is 6.07 Å². The van der Waals surface area contributed by atoms with Crippen molar-refractivity contribution in [2.75, 3.05) is 5.32 Å². The lowest BCUT2D eigenvalue weighted by molar-refractivity contribution is 0.0461. The summed E-state index contributed by atoms with van der Waals surface area (Å²) in [6, 6.07) is 6.60. The van der Waals surface area contributed by atoms with E-state index >= 15 is 0 Å². The number of amides is 1. The number of aromatic nitrogens is 5. The molecule has 160 valence electrons. The van der Waals surface area contributed by atoms with E-state index < -0.39 is 17.7 Å². The zero-order chi connectivity index (χ0) is 22.3. The molecule has 0 fully saturated rings. The molecule has 0 aliphatic rings. The fraction of sp³-hybridized carbons (Fsp3) is 0.286. The molecular weight excluding hydrogens is 400 g/mol. The summed E-state index contributed by atoms with van der Waals surface area (Å²) in [5, 5.41) is 12.7. The molecule has 10 heteroatoms. The van der Waals surface area contributed by atoms with Crippen LogP contribution in [0.1, 0.15) is 37.7 Å². The van der Waals surface area contributed by atoms with Crippen LogP contribution in [0.15, 0.2) is 30.6 Å². The first kappa shape index (κ1) is 20.3. The lowest BCUT2D eigenvalue weighted by Gasteiger charge is -2.23. The number of hydrogen-bond donors (Lipinski definition) is 3. The summed E-state index contributed by atoms with van der Waals surface area (Å²) < 4.78 is 7.29. The molecule has 0 atom stereocenters. The molecule has 0 aromatic carbocycles. The second kappa shape index (κ2) is 7.38. The van der Waals surface area contributed by atoms with Crippen molar-refractivity contribution in [3.8, 4) is 11.4 Å². The van der Waals surface area contributed by atoms with Crippen LogP contribution in [0.3, 0.4) is 0 Å². The molecule has 0 radical (unpaired) electrons. The van der Waals surface area contributed by atoms with Gasteiger partial charge in [0.2, 0.25) is 0 Å². The van der Waals surface area contributed by atoms with Crippen molar-refractivity contribution < 1.29 is 19.4 Å². The normalized spacial score (nSPS) is 11.7. The van der Waals surface area contributed by atoms with E-state index in [0.717, 1.165) is 10.9 Å². The maximum Gasteiger partial charge on any atom is 0.413 e. The molecule has 0 aliphatic heterocycles. The molecule has 4 aromatic heterocycles. The Hall–Kier alpha value is -3.95. The first-order chi connectivity index (χ1) is 14.7. The van der Waals surface area contributed by atoms with Crippen LogP contribution in [0.5, 0.6) is 0 Å². The highest BCUT2D eigenvalue weighted by atomic mass is 16.6. The number of carboxylic acids is 1. The summed E-state index contributed by atoms with van der Waals surface area (Å²) in [6.45, 7) is 5.59. The molecule has 3 N–H and O–H groups in total. The fourth-order valence-electron chi connectivity index (χ4n) is 3.17. The minimum Gasteiger partial charge on any atom is -0.477 e. The van der Waals surface area contributed by atoms with Crippen LogP contribution in [0.4, 0.5) is 10.6 Å². The standard InChI is InChI=1S/C21H22N6O4/c1-5-21(2,3)31-20(30)26-18-15-16(27(4)10-22-15)11-9-14(24-17(11)25-18)12-7-6-8-13(23-12)19(28)29/h6-10H,5H2,1-4H3,(H,28,29)(H2,24,25,26,30). The van der Waals surface area contributed by atoms with Crippen LogP contribution in [0.25, 0.3) is 33.5 Å². The molecule has 0 spiro atoms. The SMILES string of the molecule is CCC(C)(C)OC(=O)Nc1nc2[nH]c(-c3cccc(C(=O)O)n3)cc2c2c1ncn2C. The number of ether oxygens (including phenoxy) is 1. The molecule has 4 rings (SSSR count). The van der Waals surface area contributed by atoms with E-state index in [1.807, 2.05) is 38.5 Å². The summed E-state index contributed by atoms with van der Waals surface area (Å²) in [6.07, 6.45) is 1.68. The van der Waals surface area contributed by atoms with Crippen molar-refractivity contribution in [2.45, 2.75) is 32.8 Å². The molecule has 0 saturated carbocycles. The predicted molar refractivity (Wildman–Crippen MR) is 115 cm³/mol. The Morgan fingerprint density at radius 3 is 2.77 bits per heavy atom. The lowest BCUT2D eigenvalue weighted by Crippen LogP contribution is -2.30. The smallest absolute Gasteiger partial charge is 0.413 e. The molecule has 1 amide bonds. The number of carboxylic acid groups (broad SMARTS) is 1. The molecule has 4 heterocycles. The van der Waals surface area contributed by atoms with Gasteiger partial charge in [0.05, 0.1) is 23.2 Å². The van der Waals surface area contributed by atoms with Gasteiger partial charge in [-0.1, -0.05) is 13.0 Å². The topological polar surface area (TPSA) is 135 Å². The number of rotatable bonds is 5. The summed E-state index contributed by atoms with van der Waals surface area (Å²) in [7, 11) is 1.84. The number of H-pyrrole nitrogens is 1. The largest absolute Gasteiger partial charge is 0.477 e. The monoisotopic (exact) mass is 422 g/mol. The van der Waals surface area contributed by atoms with E-state index in [1.54, 1.807) is 18.5 Å². The molecule has 0 aliphatic carbocycles. The van der Waals surface area contributed by atoms with Crippen molar-refractivity contribution in [3.05, 3.63) is 36.3 Å². The lowest BCUT2D eigenvalue weighted by atomic mass is 10.1. The van der Waals surface area contributed by atoms with Gasteiger partial charge in [-0.15, -0.1) is 0 Å². The van der Waals surface area contributed by atoms with Gasteiger partial charge in [0.25, 0.3) is 0 Å². The highest BCUT2D eigenvalue weighted by Gasteiger charge is 2.23. The second-order valence-corrected chi connectivity index (χ2v) is 7.80. The number of carbonyl (C=O) groups excluding carboxylic acids is 1. The average molecular weight is 422 g/mol. The third kappa shape index (κ3) is 3.79. The summed E-state index contributed by atoms with van der Waals surface area (Å²) in [5.74, 6) is -0.842. The molecule has 0 unspecified atom stereocenters. The van der Waals surface area contributed by atoms with Gasteiger partial charge in [0.15, 0.2) is 5.82 Å². The van der Waals surface area contributed by atoms with Gasteiger partial charge in [-0.2, -0.15) is 0 Å². The van der Waals surface area contributed by atoms with Gasteiger partial charge in [0, 0.05) is 12.4 Å². The zero-order valence-electron chi connectivity index (χ0n) is 17.6. The fourth-order valence-corrected chi connectivity index (χ4v) is 3.17. The Morgan fingerprint density at radius 2 is 2.06 bits per heavy atom. The molecule has 0 saturated heterocycles. The molecular formula is C21H22N6O4. The molecule has 31 heavy (non-hydrogen) atoms. The number of carbonyl (C=O) groups is 2. The number of fused-ring (bicyclic) bond motifs is 3. The number of hydrogen-bond acceptors (Lipinski definition) is 6. The van der Waals surface area contributed by atoms with Crippen molar-refractivity contribution in [2.24, 2.45) is 7.05 Å².